The average Bonchev–Trinajstić information content (AvgIpc) is 3.46. The van der Waals surface area contributed by atoms with Crippen molar-refractivity contribution in [2.24, 2.45) is 0 Å². The van der Waals surface area contributed by atoms with Gasteiger partial charge in [0.25, 0.3) is 0 Å². The van der Waals surface area contributed by atoms with Crippen LogP contribution in [0.1, 0.15) is 25.7 Å². The third-order valence-electron chi connectivity index (χ3n) is 4.87. The molecule has 1 aliphatic rings. The first-order valence-electron chi connectivity index (χ1n) is 9.23. The number of nitrogens with zero attached hydrogens (tertiary/aromatic N) is 4. The minimum Gasteiger partial charge on any atom is -0.481 e. The smallest absolute Gasteiger partial charge is 0.330 e. The number of thiazole rings is 2. The summed E-state index contributed by atoms with van der Waals surface area (Å²) in [5.41, 5.74) is 3.63. The molecule has 1 aliphatic carbocycles. The molecule has 29 heavy (non-hydrogen) atoms. The van der Waals surface area contributed by atoms with Crippen molar-refractivity contribution in [2.75, 3.05) is 22.6 Å². The molecule has 152 valence electrons. The number of benzene rings is 1. The van der Waals surface area contributed by atoms with Gasteiger partial charge in [-0.2, -0.15) is 0 Å². The van der Waals surface area contributed by atoms with Crippen LogP contribution in [0.15, 0.2) is 34.1 Å². The number of aliphatic carboxylic acids is 1. The van der Waals surface area contributed by atoms with Crippen molar-refractivity contribution in [3.05, 3.63) is 29.9 Å². The van der Waals surface area contributed by atoms with Crippen molar-refractivity contribution < 1.29 is 14.7 Å². The molecule has 1 fully saturated rings. The number of hydrogen-bond acceptors (Lipinski definition) is 7. The lowest BCUT2D eigenvalue weighted by Gasteiger charge is -2.32. The van der Waals surface area contributed by atoms with Gasteiger partial charge in [0.05, 0.1) is 31.9 Å². The van der Waals surface area contributed by atoms with Gasteiger partial charge < -0.3 is 5.11 Å². The second-order valence-electron chi connectivity index (χ2n) is 6.80. The van der Waals surface area contributed by atoms with Gasteiger partial charge in [-0.15, -0.1) is 23.1 Å². The summed E-state index contributed by atoms with van der Waals surface area (Å²) in [6.45, 7) is 0. The first-order valence-corrected chi connectivity index (χ1v) is 11.9. The van der Waals surface area contributed by atoms with Gasteiger partial charge in [0.15, 0.2) is 5.13 Å². The number of rotatable bonds is 6. The maximum atomic E-state index is 13.5. The molecule has 0 bridgehead atoms. The molecule has 0 spiro atoms. The zero-order valence-electron chi connectivity index (χ0n) is 15.8. The first kappa shape index (κ1) is 20.1. The Hall–Kier alpha value is -2.17. The number of hydrogen-bond donors (Lipinski definition) is 1. The topological polar surface area (TPSA) is 86.6 Å². The number of urea groups is 1. The predicted octanol–water partition coefficient (Wildman–Crippen LogP) is 4.93. The van der Waals surface area contributed by atoms with Gasteiger partial charge in [0, 0.05) is 18.8 Å². The number of thioether (sulfide) groups is 1. The predicted molar refractivity (Wildman–Crippen MR) is 119 cm³/mol. The van der Waals surface area contributed by atoms with Crippen LogP contribution < -0.4 is 9.80 Å². The molecular formula is C19H20N4O3S3. The summed E-state index contributed by atoms with van der Waals surface area (Å²) in [4.78, 5) is 36.4. The second-order valence-corrected chi connectivity index (χ2v) is 9.97. The summed E-state index contributed by atoms with van der Waals surface area (Å²) in [6, 6.07) is 6.00. The van der Waals surface area contributed by atoms with Gasteiger partial charge in [0.1, 0.15) is 0 Å². The van der Waals surface area contributed by atoms with E-state index >= 15 is 0 Å². The van der Waals surface area contributed by atoms with E-state index in [4.69, 9.17) is 5.11 Å². The third-order valence-corrected chi connectivity index (χ3v) is 7.92. The Morgan fingerprint density at radius 1 is 1.28 bits per heavy atom. The minimum atomic E-state index is -0.875. The molecule has 0 unspecified atom stereocenters. The zero-order valence-corrected chi connectivity index (χ0v) is 18.2. The summed E-state index contributed by atoms with van der Waals surface area (Å²) in [7, 11) is 1.72. The van der Waals surface area contributed by atoms with Crippen molar-refractivity contribution in [3.8, 4) is 0 Å². The standard InChI is InChI=1S/C19H20N4O3S3/c1-22(18-20-9-17(29-18)27-10-16(24)25)19(26)23(12-4-2-3-5-12)13-6-7-14-15(8-13)28-11-21-14/h6-9,11-12H,2-5,10H2,1H3,(H,24,25). The normalized spacial score (nSPS) is 14.4. The van der Waals surface area contributed by atoms with Crippen LogP contribution in [0.4, 0.5) is 15.6 Å². The maximum Gasteiger partial charge on any atom is 0.330 e. The van der Waals surface area contributed by atoms with Crippen molar-refractivity contribution >= 4 is 67.5 Å². The van der Waals surface area contributed by atoms with Crippen LogP contribution >= 0.6 is 34.4 Å². The Labute approximate surface area is 180 Å². The van der Waals surface area contributed by atoms with Crippen LogP contribution in [0.3, 0.4) is 0 Å². The van der Waals surface area contributed by atoms with Crippen molar-refractivity contribution in [1.29, 1.82) is 0 Å². The van der Waals surface area contributed by atoms with E-state index in [-0.39, 0.29) is 17.8 Å². The van der Waals surface area contributed by atoms with E-state index in [0.717, 1.165) is 45.8 Å². The zero-order chi connectivity index (χ0) is 20.4. The molecule has 2 heterocycles. The summed E-state index contributed by atoms with van der Waals surface area (Å²) in [5.74, 6) is -0.900. The number of anilines is 2. The molecule has 7 nitrogen and oxygen atoms in total. The lowest BCUT2D eigenvalue weighted by Crippen LogP contribution is -2.46. The van der Waals surface area contributed by atoms with E-state index in [2.05, 4.69) is 9.97 Å². The fourth-order valence-corrected chi connectivity index (χ4v) is 5.83. The molecule has 1 aromatic carbocycles. The lowest BCUT2D eigenvalue weighted by molar-refractivity contribution is -0.133. The van der Waals surface area contributed by atoms with E-state index in [0.29, 0.717) is 5.13 Å². The highest BCUT2D eigenvalue weighted by Crippen LogP contribution is 2.34. The van der Waals surface area contributed by atoms with E-state index in [1.54, 1.807) is 29.5 Å². The van der Waals surface area contributed by atoms with Crippen molar-refractivity contribution in [2.45, 2.75) is 35.9 Å². The molecule has 0 aliphatic heterocycles. The Balaban J connectivity index is 1.60. The molecular weight excluding hydrogens is 428 g/mol. The van der Waals surface area contributed by atoms with Gasteiger partial charge in [0.2, 0.25) is 0 Å². The Bertz CT molecular complexity index is 1030. The Morgan fingerprint density at radius 2 is 2.07 bits per heavy atom. The Kier molecular flexibility index (Phi) is 6.02. The van der Waals surface area contributed by atoms with Gasteiger partial charge in [-0.1, -0.05) is 24.2 Å². The molecule has 2 aromatic heterocycles. The molecule has 10 heteroatoms. The monoisotopic (exact) mass is 448 g/mol. The number of carbonyl (C=O) groups excluding carboxylic acids is 1. The molecule has 3 aromatic rings. The minimum absolute atomic E-state index is 0.0254. The maximum absolute atomic E-state index is 13.5. The second kappa shape index (κ2) is 8.68. The van der Waals surface area contributed by atoms with Gasteiger partial charge >= 0.3 is 12.0 Å². The summed E-state index contributed by atoms with van der Waals surface area (Å²) in [6.07, 6.45) is 5.83. The number of amides is 2. The lowest BCUT2D eigenvalue weighted by atomic mass is 10.2. The average molecular weight is 449 g/mol. The molecule has 0 radical (unpaired) electrons. The first-order chi connectivity index (χ1) is 14.0. The summed E-state index contributed by atoms with van der Waals surface area (Å²) < 4.78 is 1.84. The summed E-state index contributed by atoms with van der Waals surface area (Å²) >= 11 is 4.11. The number of aromatic nitrogens is 2. The fourth-order valence-electron chi connectivity index (χ4n) is 3.48. The third kappa shape index (κ3) is 4.39. The van der Waals surface area contributed by atoms with Crippen LogP contribution in [0, 0.1) is 0 Å². The largest absolute Gasteiger partial charge is 0.481 e. The fraction of sp³-hybridized carbons (Fsp3) is 0.368. The van der Waals surface area contributed by atoms with Gasteiger partial charge in [-0.3, -0.25) is 14.6 Å². The molecule has 4 rings (SSSR count). The van der Waals surface area contributed by atoms with Gasteiger partial charge in [-0.25, -0.2) is 14.8 Å². The highest BCUT2D eigenvalue weighted by atomic mass is 32.2. The Morgan fingerprint density at radius 3 is 2.83 bits per heavy atom. The summed E-state index contributed by atoms with van der Waals surface area (Å²) in [5, 5.41) is 9.41. The molecule has 2 amide bonds. The van der Waals surface area contributed by atoms with Gasteiger partial charge in [-0.05, 0) is 31.0 Å². The molecule has 1 N–H and O–H groups in total. The molecule has 1 saturated carbocycles. The van der Waals surface area contributed by atoms with Crippen LogP contribution in [-0.4, -0.2) is 45.9 Å². The van der Waals surface area contributed by atoms with Crippen LogP contribution in [0.2, 0.25) is 0 Å². The SMILES string of the molecule is CN(C(=O)N(c1ccc2ncsc2c1)C1CCCC1)c1ncc(SCC(=O)O)s1. The van der Waals surface area contributed by atoms with E-state index in [1.165, 1.54) is 23.1 Å². The number of carboxylic acid groups (broad SMARTS) is 1. The van der Waals surface area contributed by atoms with E-state index in [9.17, 15) is 9.59 Å². The van der Waals surface area contributed by atoms with Crippen LogP contribution in [0.25, 0.3) is 10.2 Å². The van der Waals surface area contributed by atoms with Crippen molar-refractivity contribution in [1.82, 2.24) is 9.97 Å². The number of carbonyl (C=O) groups is 2. The van der Waals surface area contributed by atoms with Crippen LogP contribution in [-0.2, 0) is 4.79 Å². The van der Waals surface area contributed by atoms with Crippen molar-refractivity contribution in [3.63, 3.8) is 0 Å². The van der Waals surface area contributed by atoms with Crippen LogP contribution in [0.5, 0.6) is 0 Å². The number of fused-ring (bicyclic) bond motifs is 1. The van der Waals surface area contributed by atoms with E-state index < -0.39 is 5.97 Å². The number of carboxylic acids is 1. The molecule has 0 saturated heterocycles. The van der Waals surface area contributed by atoms with E-state index in [1.807, 2.05) is 28.6 Å². The quantitative estimate of drug-likeness (QED) is 0.538. The highest BCUT2D eigenvalue weighted by Gasteiger charge is 2.31. The molecule has 0 atom stereocenters. The highest BCUT2D eigenvalue weighted by molar-refractivity contribution is 8.01.